The van der Waals surface area contributed by atoms with E-state index >= 15 is 0 Å². The lowest BCUT2D eigenvalue weighted by Crippen LogP contribution is -2.36. The topological polar surface area (TPSA) is 16.1 Å². The standard InChI is InChI=1S/C10H13BrN2S/c1-8-7-13(2-3-14-8)10-4-9(11)5-12-6-10/h4-6,8H,2-3,7H2,1H3. The van der Waals surface area contributed by atoms with Crippen LogP contribution in [0.5, 0.6) is 0 Å². The Labute approximate surface area is 97.2 Å². The predicted octanol–water partition coefficient (Wildman–Crippen LogP) is 2.79. The lowest BCUT2D eigenvalue weighted by atomic mass is 10.3. The van der Waals surface area contributed by atoms with E-state index < -0.39 is 0 Å². The molecule has 14 heavy (non-hydrogen) atoms. The lowest BCUT2D eigenvalue weighted by Gasteiger charge is -2.32. The van der Waals surface area contributed by atoms with Crippen LogP contribution >= 0.6 is 27.7 Å². The molecule has 0 aromatic carbocycles. The van der Waals surface area contributed by atoms with Gasteiger partial charge in [0.05, 0.1) is 11.9 Å². The van der Waals surface area contributed by atoms with E-state index in [2.05, 4.69) is 38.8 Å². The van der Waals surface area contributed by atoms with E-state index in [1.54, 1.807) is 0 Å². The number of pyridine rings is 1. The number of aromatic nitrogens is 1. The number of nitrogens with zero attached hydrogens (tertiary/aromatic N) is 2. The molecular formula is C10H13BrN2S. The van der Waals surface area contributed by atoms with Gasteiger partial charge in [-0.3, -0.25) is 4.98 Å². The van der Waals surface area contributed by atoms with Crippen molar-refractivity contribution in [2.24, 2.45) is 0 Å². The Kier molecular flexibility index (Phi) is 3.34. The maximum Gasteiger partial charge on any atom is 0.0564 e. The van der Waals surface area contributed by atoms with Crippen LogP contribution in [-0.2, 0) is 0 Å². The van der Waals surface area contributed by atoms with Crippen LogP contribution in [0.3, 0.4) is 0 Å². The molecule has 0 bridgehead atoms. The number of hydrogen-bond donors (Lipinski definition) is 0. The van der Waals surface area contributed by atoms with Gasteiger partial charge in [0, 0.05) is 34.8 Å². The fourth-order valence-corrected chi connectivity index (χ4v) is 2.99. The van der Waals surface area contributed by atoms with Crippen molar-refractivity contribution in [2.75, 3.05) is 23.7 Å². The van der Waals surface area contributed by atoms with E-state index in [4.69, 9.17) is 0 Å². The minimum absolute atomic E-state index is 0.725. The number of hydrogen-bond acceptors (Lipinski definition) is 3. The quantitative estimate of drug-likeness (QED) is 0.782. The Morgan fingerprint density at radius 3 is 3.14 bits per heavy atom. The Morgan fingerprint density at radius 1 is 1.57 bits per heavy atom. The maximum atomic E-state index is 4.19. The second kappa shape index (κ2) is 4.53. The van der Waals surface area contributed by atoms with Gasteiger partial charge in [-0.15, -0.1) is 0 Å². The highest BCUT2D eigenvalue weighted by Crippen LogP contribution is 2.24. The van der Waals surface area contributed by atoms with Gasteiger partial charge in [0.2, 0.25) is 0 Å². The molecule has 2 heterocycles. The molecule has 1 atom stereocenters. The fraction of sp³-hybridized carbons (Fsp3) is 0.500. The van der Waals surface area contributed by atoms with Crippen LogP contribution in [0.25, 0.3) is 0 Å². The molecule has 1 fully saturated rings. The number of halogens is 1. The highest BCUT2D eigenvalue weighted by atomic mass is 79.9. The minimum atomic E-state index is 0.725. The average Bonchev–Trinajstić information content (AvgIpc) is 2.18. The van der Waals surface area contributed by atoms with E-state index in [1.807, 2.05) is 24.2 Å². The van der Waals surface area contributed by atoms with Crippen molar-refractivity contribution >= 4 is 33.4 Å². The van der Waals surface area contributed by atoms with E-state index in [-0.39, 0.29) is 0 Å². The molecule has 1 aliphatic rings. The number of rotatable bonds is 1. The van der Waals surface area contributed by atoms with Crippen molar-refractivity contribution in [1.29, 1.82) is 0 Å². The van der Waals surface area contributed by atoms with Gasteiger partial charge in [0.15, 0.2) is 0 Å². The van der Waals surface area contributed by atoms with Gasteiger partial charge in [-0.1, -0.05) is 6.92 Å². The van der Waals surface area contributed by atoms with Gasteiger partial charge < -0.3 is 4.90 Å². The molecular weight excluding hydrogens is 260 g/mol. The zero-order valence-electron chi connectivity index (χ0n) is 8.11. The highest BCUT2D eigenvalue weighted by Gasteiger charge is 2.16. The molecule has 0 saturated carbocycles. The van der Waals surface area contributed by atoms with Crippen molar-refractivity contribution in [3.63, 3.8) is 0 Å². The maximum absolute atomic E-state index is 4.19. The molecule has 0 radical (unpaired) electrons. The normalized spacial score (nSPS) is 22.4. The second-order valence-electron chi connectivity index (χ2n) is 3.49. The monoisotopic (exact) mass is 272 g/mol. The smallest absolute Gasteiger partial charge is 0.0564 e. The summed E-state index contributed by atoms with van der Waals surface area (Å²) >= 11 is 5.50. The summed E-state index contributed by atoms with van der Waals surface area (Å²) in [7, 11) is 0. The lowest BCUT2D eigenvalue weighted by molar-refractivity contribution is 0.780. The van der Waals surface area contributed by atoms with Crippen LogP contribution in [0, 0.1) is 0 Å². The molecule has 2 nitrogen and oxygen atoms in total. The van der Waals surface area contributed by atoms with Crippen molar-refractivity contribution in [3.8, 4) is 0 Å². The van der Waals surface area contributed by atoms with Crippen LogP contribution in [-0.4, -0.2) is 29.1 Å². The summed E-state index contributed by atoms with van der Waals surface area (Å²) in [4.78, 5) is 6.59. The molecule has 1 unspecified atom stereocenters. The third kappa shape index (κ3) is 2.42. The summed E-state index contributed by atoms with van der Waals surface area (Å²) in [6, 6.07) is 2.13. The Bertz CT molecular complexity index is 319. The number of thioether (sulfide) groups is 1. The molecule has 1 saturated heterocycles. The molecule has 0 N–H and O–H groups in total. The number of anilines is 1. The van der Waals surface area contributed by atoms with Crippen molar-refractivity contribution in [3.05, 3.63) is 22.9 Å². The van der Waals surface area contributed by atoms with Gasteiger partial charge in [-0.2, -0.15) is 11.8 Å². The van der Waals surface area contributed by atoms with Crippen LogP contribution in [0.4, 0.5) is 5.69 Å². The molecule has 0 amide bonds. The first kappa shape index (κ1) is 10.3. The van der Waals surface area contributed by atoms with Crippen LogP contribution in [0.15, 0.2) is 22.9 Å². The summed E-state index contributed by atoms with van der Waals surface area (Å²) < 4.78 is 1.06. The summed E-state index contributed by atoms with van der Waals surface area (Å²) in [6.07, 6.45) is 3.76. The van der Waals surface area contributed by atoms with Gasteiger partial charge in [-0.25, -0.2) is 0 Å². The van der Waals surface area contributed by atoms with Gasteiger partial charge in [0.25, 0.3) is 0 Å². The largest absolute Gasteiger partial charge is 0.368 e. The molecule has 1 aliphatic heterocycles. The molecule has 1 aromatic heterocycles. The summed E-state index contributed by atoms with van der Waals surface area (Å²) in [6.45, 7) is 4.54. The predicted molar refractivity (Wildman–Crippen MR) is 66.1 cm³/mol. The first-order valence-electron chi connectivity index (χ1n) is 4.73. The van der Waals surface area contributed by atoms with Crippen LogP contribution < -0.4 is 4.90 Å². The first-order chi connectivity index (χ1) is 6.75. The van der Waals surface area contributed by atoms with Gasteiger partial charge in [-0.05, 0) is 22.0 Å². The van der Waals surface area contributed by atoms with E-state index in [9.17, 15) is 0 Å². The fourth-order valence-electron chi connectivity index (χ4n) is 1.63. The Morgan fingerprint density at radius 2 is 2.43 bits per heavy atom. The molecule has 76 valence electrons. The third-order valence-electron chi connectivity index (χ3n) is 2.30. The Balaban J connectivity index is 2.14. The van der Waals surface area contributed by atoms with Crippen LogP contribution in [0.1, 0.15) is 6.92 Å². The first-order valence-corrected chi connectivity index (χ1v) is 6.57. The third-order valence-corrected chi connectivity index (χ3v) is 3.87. The van der Waals surface area contributed by atoms with Crippen LogP contribution in [0.2, 0.25) is 0 Å². The van der Waals surface area contributed by atoms with E-state index in [0.29, 0.717) is 0 Å². The zero-order valence-corrected chi connectivity index (χ0v) is 10.5. The van der Waals surface area contributed by atoms with Gasteiger partial charge >= 0.3 is 0 Å². The van der Waals surface area contributed by atoms with Crippen molar-refractivity contribution in [1.82, 2.24) is 4.98 Å². The van der Waals surface area contributed by atoms with Gasteiger partial charge in [0.1, 0.15) is 0 Å². The Hall–Kier alpha value is -0.220. The average molecular weight is 273 g/mol. The zero-order chi connectivity index (χ0) is 9.97. The molecule has 0 aliphatic carbocycles. The molecule has 0 spiro atoms. The molecule has 1 aromatic rings. The van der Waals surface area contributed by atoms with Crippen molar-refractivity contribution in [2.45, 2.75) is 12.2 Å². The van der Waals surface area contributed by atoms with E-state index in [1.165, 1.54) is 11.4 Å². The summed E-state index contributed by atoms with van der Waals surface area (Å²) in [5, 5.41) is 0.725. The molecule has 4 heteroatoms. The van der Waals surface area contributed by atoms with E-state index in [0.717, 1.165) is 22.8 Å². The molecule has 2 rings (SSSR count). The highest BCUT2D eigenvalue weighted by molar-refractivity contribution is 9.10. The SMILES string of the molecule is CC1CN(c2cncc(Br)c2)CCS1. The summed E-state index contributed by atoms with van der Waals surface area (Å²) in [5.41, 5.74) is 1.23. The minimum Gasteiger partial charge on any atom is -0.368 e. The second-order valence-corrected chi connectivity index (χ2v) is 5.95. The van der Waals surface area contributed by atoms with Crippen molar-refractivity contribution < 1.29 is 0 Å². The summed E-state index contributed by atoms with van der Waals surface area (Å²) in [5.74, 6) is 1.22.